The molecule has 3 heteroatoms. The number of rotatable bonds is 3. The molecule has 0 bridgehead atoms. The van der Waals surface area contributed by atoms with Crippen molar-refractivity contribution in [2.45, 2.75) is 13.8 Å². The molecule has 0 saturated carbocycles. The van der Waals surface area contributed by atoms with Gasteiger partial charge in [-0.25, -0.2) is 4.39 Å². The van der Waals surface area contributed by atoms with Gasteiger partial charge in [-0.2, -0.15) is 0 Å². The van der Waals surface area contributed by atoms with Crippen LogP contribution in [0.15, 0.2) is 42.5 Å². The molecule has 94 valence electrons. The second kappa shape index (κ2) is 5.08. The molecule has 0 saturated heterocycles. The molecule has 18 heavy (non-hydrogen) atoms. The summed E-state index contributed by atoms with van der Waals surface area (Å²) in [4.78, 5) is 2.05. The lowest BCUT2D eigenvalue weighted by atomic mass is 10.1. The number of hydrogen-bond acceptors (Lipinski definition) is 2. The highest BCUT2D eigenvalue weighted by Crippen LogP contribution is 2.30. The van der Waals surface area contributed by atoms with E-state index < -0.39 is 0 Å². The van der Waals surface area contributed by atoms with Crippen molar-refractivity contribution in [2.75, 3.05) is 17.2 Å². The molecule has 2 aromatic carbocycles. The highest BCUT2D eigenvalue weighted by molar-refractivity contribution is 5.69. The Bertz CT molecular complexity index is 552. The molecule has 0 fully saturated rings. The van der Waals surface area contributed by atoms with Crippen molar-refractivity contribution in [3.05, 3.63) is 53.8 Å². The van der Waals surface area contributed by atoms with Crippen molar-refractivity contribution in [1.29, 1.82) is 0 Å². The van der Waals surface area contributed by atoms with Crippen LogP contribution in [0.1, 0.15) is 12.5 Å². The van der Waals surface area contributed by atoms with Crippen molar-refractivity contribution in [2.24, 2.45) is 0 Å². The van der Waals surface area contributed by atoms with Crippen LogP contribution in [0.5, 0.6) is 0 Å². The highest BCUT2D eigenvalue weighted by Gasteiger charge is 2.10. The van der Waals surface area contributed by atoms with Crippen LogP contribution in [0.4, 0.5) is 21.5 Å². The molecular formula is C15H17FN2. The maximum Gasteiger partial charge on any atom is 0.125 e. The van der Waals surface area contributed by atoms with Crippen LogP contribution in [0.25, 0.3) is 0 Å². The Balaban J connectivity index is 2.48. The molecule has 0 aliphatic carbocycles. The van der Waals surface area contributed by atoms with E-state index in [9.17, 15) is 4.39 Å². The maximum atomic E-state index is 13.3. The Hall–Kier alpha value is -2.03. The molecule has 2 nitrogen and oxygen atoms in total. The summed E-state index contributed by atoms with van der Waals surface area (Å²) >= 11 is 0. The molecule has 2 aromatic rings. The van der Waals surface area contributed by atoms with Crippen LogP contribution in [-0.4, -0.2) is 6.54 Å². The lowest BCUT2D eigenvalue weighted by Crippen LogP contribution is -2.17. The van der Waals surface area contributed by atoms with Crippen LogP contribution in [0.2, 0.25) is 0 Å². The molecule has 0 radical (unpaired) electrons. The molecule has 0 heterocycles. The fourth-order valence-electron chi connectivity index (χ4n) is 2.05. The normalized spacial score (nSPS) is 10.4. The van der Waals surface area contributed by atoms with E-state index in [-0.39, 0.29) is 5.82 Å². The number of hydrogen-bond donors (Lipinski definition) is 1. The van der Waals surface area contributed by atoms with Gasteiger partial charge in [-0.15, -0.1) is 0 Å². The SMILES string of the molecule is CCN(c1cccc(F)c1)c1cc(N)ccc1C. The first-order valence-corrected chi connectivity index (χ1v) is 6.01. The minimum atomic E-state index is -0.229. The standard InChI is InChI=1S/C15H17FN2/c1-3-18(14-6-4-5-12(16)9-14)15-10-13(17)8-7-11(15)2/h4-10H,3,17H2,1-2H3. The van der Waals surface area contributed by atoms with Gasteiger partial charge in [0.1, 0.15) is 5.82 Å². The predicted molar refractivity (Wildman–Crippen MR) is 74.7 cm³/mol. The molecule has 2 N–H and O–H groups in total. The first kappa shape index (κ1) is 12.4. The largest absolute Gasteiger partial charge is 0.399 e. The smallest absolute Gasteiger partial charge is 0.125 e. The lowest BCUT2D eigenvalue weighted by Gasteiger charge is -2.25. The Morgan fingerprint density at radius 1 is 1.17 bits per heavy atom. The predicted octanol–water partition coefficient (Wildman–Crippen LogP) is 3.87. The number of nitrogens with zero attached hydrogens (tertiary/aromatic N) is 1. The second-order valence-corrected chi connectivity index (χ2v) is 4.27. The van der Waals surface area contributed by atoms with E-state index in [0.717, 1.165) is 23.5 Å². The van der Waals surface area contributed by atoms with Gasteiger partial charge in [-0.05, 0) is 49.7 Å². The number of anilines is 3. The summed E-state index contributed by atoms with van der Waals surface area (Å²) in [5, 5.41) is 0. The number of aryl methyl sites for hydroxylation is 1. The van der Waals surface area contributed by atoms with E-state index >= 15 is 0 Å². The topological polar surface area (TPSA) is 29.3 Å². The molecular weight excluding hydrogens is 227 g/mol. The Morgan fingerprint density at radius 2 is 1.94 bits per heavy atom. The Labute approximate surface area is 107 Å². The van der Waals surface area contributed by atoms with Gasteiger partial charge < -0.3 is 10.6 Å². The fraction of sp³-hybridized carbons (Fsp3) is 0.200. The van der Waals surface area contributed by atoms with Crippen LogP contribution in [-0.2, 0) is 0 Å². The summed E-state index contributed by atoms with van der Waals surface area (Å²) < 4.78 is 13.3. The van der Waals surface area contributed by atoms with Gasteiger partial charge in [0.2, 0.25) is 0 Å². The van der Waals surface area contributed by atoms with Crippen molar-refractivity contribution < 1.29 is 4.39 Å². The first-order chi connectivity index (χ1) is 8.61. The summed E-state index contributed by atoms with van der Waals surface area (Å²) in [5.41, 5.74) is 9.52. The van der Waals surface area contributed by atoms with Crippen molar-refractivity contribution in [1.82, 2.24) is 0 Å². The maximum absolute atomic E-state index is 13.3. The summed E-state index contributed by atoms with van der Waals surface area (Å²) in [5.74, 6) is -0.229. The van der Waals surface area contributed by atoms with E-state index in [4.69, 9.17) is 5.73 Å². The molecule has 0 atom stereocenters. The number of nitrogens with two attached hydrogens (primary N) is 1. The highest BCUT2D eigenvalue weighted by atomic mass is 19.1. The van der Waals surface area contributed by atoms with Gasteiger partial charge in [-0.3, -0.25) is 0 Å². The van der Waals surface area contributed by atoms with E-state index in [1.807, 2.05) is 38.1 Å². The van der Waals surface area contributed by atoms with Crippen LogP contribution < -0.4 is 10.6 Å². The third kappa shape index (κ3) is 2.45. The molecule has 2 rings (SSSR count). The molecule has 0 unspecified atom stereocenters. The van der Waals surface area contributed by atoms with Crippen molar-refractivity contribution >= 4 is 17.1 Å². The monoisotopic (exact) mass is 244 g/mol. The average molecular weight is 244 g/mol. The zero-order valence-electron chi connectivity index (χ0n) is 10.7. The summed E-state index contributed by atoms with van der Waals surface area (Å²) in [6.45, 7) is 4.82. The zero-order valence-corrected chi connectivity index (χ0v) is 10.7. The Kier molecular flexibility index (Phi) is 3.51. The quantitative estimate of drug-likeness (QED) is 0.830. The average Bonchev–Trinajstić information content (AvgIpc) is 2.35. The van der Waals surface area contributed by atoms with Gasteiger partial charge >= 0.3 is 0 Å². The summed E-state index contributed by atoms with van der Waals surface area (Å²) in [6, 6.07) is 12.4. The van der Waals surface area contributed by atoms with E-state index in [1.165, 1.54) is 12.1 Å². The second-order valence-electron chi connectivity index (χ2n) is 4.27. The third-order valence-corrected chi connectivity index (χ3v) is 2.96. The van der Waals surface area contributed by atoms with Gasteiger partial charge in [0.25, 0.3) is 0 Å². The van der Waals surface area contributed by atoms with Crippen LogP contribution >= 0.6 is 0 Å². The minimum absolute atomic E-state index is 0.229. The Morgan fingerprint density at radius 3 is 2.61 bits per heavy atom. The van der Waals surface area contributed by atoms with Gasteiger partial charge in [0, 0.05) is 23.6 Å². The fourth-order valence-corrected chi connectivity index (χ4v) is 2.05. The molecule has 0 amide bonds. The van der Waals surface area contributed by atoms with Crippen LogP contribution in [0, 0.1) is 12.7 Å². The summed E-state index contributed by atoms with van der Waals surface area (Å²) in [7, 11) is 0. The molecule has 0 aliphatic heterocycles. The third-order valence-electron chi connectivity index (χ3n) is 2.96. The molecule has 0 spiro atoms. The summed E-state index contributed by atoms with van der Waals surface area (Å²) in [6.07, 6.45) is 0. The van der Waals surface area contributed by atoms with E-state index in [0.29, 0.717) is 5.69 Å². The number of nitrogen functional groups attached to an aromatic ring is 1. The molecule has 0 aromatic heterocycles. The minimum Gasteiger partial charge on any atom is -0.399 e. The lowest BCUT2D eigenvalue weighted by molar-refractivity contribution is 0.627. The van der Waals surface area contributed by atoms with Gasteiger partial charge in [0.15, 0.2) is 0 Å². The van der Waals surface area contributed by atoms with Gasteiger partial charge in [0.05, 0.1) is 0 Å². The number of halogens is 1. The molecule has 0 aliphatic rings. The van der Waals surface area contributed by atoms with E-state index in [1.54, 1.807) is 6.07 Å². The van der Waals surface area contributed by atoms with E-state index in [2.05, 4.69) is 4.90 Å². The zero-order chi connectivity index (χ0) is 13.1. The first-order valence-electron chi connectivity index (χ1n) is 6.01. The van der Waals surface area contributed by atoms with Gasteiger partial charge in [-0.1, -0.05) is 12.1 Å². The van der Waals surface area contributed by atoms with Crippen molar-refractivity contribution in [3.8, 4) is 0 Å². The number of benzene rings is 2. The van der Waals surface area contributed by atoms with Crippen molar-refractivity contribution in [3.63, 3.8) is 0 Å². The van der Waals surface area contributed by atoms with Crippen LogP contribution in [0.3, 0.4) is 0 Å².